The zero-order chi connectivity index (χ0) is 11.9. The van der Waals surface area contributed by atoms with Crippen LogP contribution in [0.4, 0.5) is 5.69 Å². The number of rotatable bonds is 1. The van der Waals surface area contributed by atoms with E-state index in [0.29, 0.717) is 10.5 Å². The van der Waals surface area contributed by atoms with E-state index >= 15 is 0 Å². The Balaban J connectivity index is 2.51. The van der Waals surface area contributed by atoms with Crippen LogP contribution in [0.3, 0.4) is 0 Å². The van der Waals surface area contributed by atoms with Crippen LogP contribution in [0.5, 0.6) is 11.5 Å². The van der Waals surface area contributed by atoms with Crippen molar-refractivity contribution in [2.45, 2.75) is 12.5 Å². The van der Waals surface area contributed by atoms with Crippen LogP contribution >= 0.6 is 0 Å². The number of nitrogens with zero attached hydrogens (tertiary/aromatic N) is 1. The Labute approximate surface area is 95.7 Å². The highest BCUT2D eigenvalue weighted by Gasteiger charge is 2.33. The summed E-state index contributed by atoms with van der Waals surface area (Å²) >= 11 is 0. The third-order valence-electron chi connectivity index (χ3n) is 3.38. The number of phenols is 2. The second-order valence-electron chi connectivity index (χ2n) is 5.03. The van der Waals surface area contributed by atoms with Gasteiger partial charge in [0.15, 0.2) is 11.5 Å². The van der Waals surface area contributed by atoms with Crippen molar-refractivity contribution in [2.24, 2.45) is 0 Å². The first kappa shape index (κ1) is 11.2. The maximum Gasteiger partial charge on any atom is 0.163 e. The Morgan fingerprint density at radius 3 is 2.50 bits per heavy atom. The second-order valence-corrected chi connectivity index (χ2v) is 5.03. The summed E-state index contributed by atoms with van der Waals surface area (Å²) in [6, 6.07) is 3.76. The van der Waals surface area contributed by atoms with Gasteiger partial charge >= 0.3 is 0 Å². The number of aromatic hydroxyl groups is 2. The van der Waals surface area contributed by atoms with Crippen LogP contribution in [-0.2, 0) is 6.42 Å². The molecule has 3 N–H and O–H groups in total. The van der Waals surface area contributed by atoms with Gasteiger partial charge in [-0.3, -0.25) is 4.48 Å². The molecule has 0 fully saturated rings. The number of likely N-dealkylation sites (N-methyl/N-ethyl adjacent to an activating group) is 2. The molecule has 0 spiro atoms. The van der Waals surface area contributed by atoms with Crippen molar-refractivity contribution in [2.75, 3.05) is 27.7 Å². The summed E-state index contributed by atoms with van der Waals surface area (Å²) in [6.45, 7) is 0.980. The first-order valence-electron chi connectivity index (χ1n) is 5.49. The molecular formula is C12H19N2O2+. The average Bonchev–Trinajstić information content (AvgIpc) is 2.20. The molecule has 0 bridgehead atoms. The molecule has 0 radical (unpaired) electrons. The smallest absolute Gasteiger partial charge is 0.163 e. The molecule has 4 heteroatoms. The van der Waals surface area contributed by atoms with Gasteiger partial charge in [0, 0.05) is 11.6 Å². The summed E-state index contributed by atoms with van der Waals surface area (Å²) in [5, 5.41) is 22.4. The minimum atomic E-state index is -0.0344. The van der Waals surface area contributed by atoms with Crippen molar-refractivity contribution in [1.82, 2.24) is 9.80 Å². The maximum absolute atomic E-state index is 9.55. The zero-order valence-electron chi connectivity index (χ0n) is 9.99. The van der Waals surface area contributed by atoms with E-state index in [9.17, 15) is 10.2 Å². The van der Waals surface area contributed by atoms with E-state index < -0.39 is 0 Å². The van der Waals surface area contributed by atoms with Gasteiger partial charge in [0.2, 0.25) is 0 Å². The summed E-state index contributed by atoms with van der Waals surface area (Å²) in [5.41, 5.74) is 2.19. The molecule has 1 aliphatic heterocycles. The van der Waals surface area contributed by atoms with E-state index in [-0.39, 0.29) is 11.5 Å². The summed E-state index contributed by atoms with van der Waals surface area (Å²) in [7, 11) is 6.17. The van der Waals surface area contributed by atoms with Crippen molar-refractivity contribution < 1.29 is 10.2 Å². The van der Waals surface area contributed by atoms with Crippen LogP contribution in [0.25, 0.3) is 0 Å². The average molecular weight is 223 g/mol. The molecule has 16 heavy (non-hydrogen) atoms. The molecule has 0 aromatic heterocycles. The molecule has 1 unspecified atom stereocenters. The molecule has 0 saturated carbocycles. The minimum absolute atomic E-state index is 0.0319. The summed E-state index contributed by atoms with van der Waals surface area (Å²) in [5.74, 6) is -0.0663. The normalized spacial score (nSPS) is 22.8. The standard InChI is InChI=1S/C12H18N2O2/c1-13-9-4-8-5-11(15)12(16)6-10(8)14(2,3)7-9/h5-6,9,13H,4,7H2,1-3H3,(H-,15,16)/p+1. The van der Waals surface area contributed by atoms with Gasteiger partial charge in [-0.25, -0.2) is 0 Å². The van der Waals surface area contributed by atoms with Gasteiger partial charge in [-0.1, -0.05) is 0 Å². The summed E-state index contributed by atoms with van der Waals surface area (Å²) < 4.78 is 0.717. The minimum Gasteiger partial charge on any atom is -0.504 e. The van der Waals surface area contributed by atoms with E-state index in [4.69, 9.17) is 0 Å². The summed E-state index contributed by atoms with van der Waals surface area (Å²) in [4.78, 5) is 0. The van der Waals surface area contributed by atoms with E-state index in [1.54, 1.807) is 12.1 Å². The highest BCUT2D eigenvalue weighted by Crippen LogP contribution is 2.38. The van der Waals surface area contributed by atoms with Gasteiger partial charge in [-0.05, 0) is 19.5 Å². The van der Waals surface area contributed by atoms with Crippen molar-refractivity contribution in [1.29, 1.82) is 0 Å². The molecule has 1 heterocycles. The van der Waals surface area contributed by atoms with Gasteiger partial charge in [0.05, 0.1) is 26.7 Å². The molecule has 88 valence electrons. The largest absolute Gasteiger partial charge is 0.504 e. The fourth-order valence-electron chi connectivity index (χ4n) is 2.51. The molecule has 1 atom stereocenters. The van der Waals surface area contributed by atoms with Gasteiger partial charge in [-0.15, -0.1) is 0 Å². The molecule has 0 aliphatic carbocycles. The molecule has 1 aromatic rings. The molecule has 1 aromatic carbocycles. The molecule has 4 nitrogen and oxygen atoms in total. The molecule has 0 saturated heterocycles. The topological polar surface area (TPSA) is 52.5 Å². The van der Waals surface area contributed by atoms with E-state index in [1.807, 2.05) is 7.05 Å². The van der Waals surface area contributed by atoms with Gasteiger partial charge in [-0.2, -0.15) is 0 Å². The van der Waals surface area contributed by atoms with Crippen LogP contribution < -0.4 is 9.80 Å². The maximum atomic E-state index is 9.55. The lowest BCUT2D eigenvalue weighted by molar-refractivity contribution is 0.315. The van der Waals surface area contributed by atoms with Crippen molar-refractivity contribution in [3.8, 4) is 11.5 Å². The van der Waals surface area contributed by atoms with Crippen LogP contribution in [-0.4, -0.2) is 43.9 Å². The molecule has 1 aliphatic rings. The van der Waals surface area contributed by atoms with Gasteiger partial charge in [0.25, 0.3) is 0 Å². The van der Waals surface area contributed by atoms with Gasteiger partial charge in [0.1, 0.15) is 5.69 Å². The highest BCUT2D eigenvalue weighted by atomic mass is 16.3. The fraction of sp³-hybridized carbons (Fsp3) is 0.500. The second kappa shape index (κ2) is 3.64. The van der Waals surface area contributed by atoms with Crippen LogP contribution in [0.15, 0.2) is 12.1 Å². The van der Waals surface area contributed by atoms with E-state index in [2.05, 4.69) is 19.4 Å². The number of fused-ring (bicyclic) bond motifs is 1. The van der Waals surface area contributed by atoms with Crippen molar-refractivity contribution in [3.63, 3.8) is 0 Å². The molecular weight excluding hydrogens is 204 g/mol. The third kappa shape index (κ3) is 1.74. The van der Waals surface area contributed by atoms with E-state index in [1.165, 1.54) is 0 Å². The Bertz CT molecular complexity index is 416. The first-order valence-corrected chi connectivity index (χ1v) is 5.49. The monoisotopic (exact) mass is 223 g/mol. The lowest BCUT2D eigenvalue weighted by Gasteiger charge is -2.38. The number of benzene rings is 1. The number of quaternary nitrogens is 1. The van der Waals surface area contributed by atoms with Crippen LogP contribution in [0.1, 0.15) is 5.56 Å². The SMILES string of the molecule is CNC1Cc2cc(O)c(O)cc2[N+](C)(C)C1. The Morgan fingerprint density at radius 1 is 1.25 bits per heavy atom. The Hall–Kier alpha value is -1.26. The zero-order valence-corrected chi connectivity index (χ0v) is 9.99. The van der Waals surface area contributed by atoms with Gasteiger partial charge < -0.3 is 15.5 Å². The molecule has 2 rings (SSSR count). The first-order chi connectivity index (χ1) is 7.44. The van der Waals surface area contributed by atoms with E-state index in [0.717, 1.165) is 24.2 Å². The van der Waals surface area contributed by atoms with Crippen molar-refractivity contribution in [3.05, 3.63) is 17.7 Å². The predicted octanol–water partition coefficient (Wildman–Crippen LogP) is 0.809. The number of hydrogen-bond donors (Lipinski definition) is 3. The Morgan fingerprint density at radius 2 is 1.88 bits per heavy atom. The lowest BCUT2D eigenvalue weighted by Crippen LogP contribution is -2.54. The fourth-order valence-corrected chi connectivity index (χ4v) is 2.51. The highest BCUT2D eigenvalue weighted by molar-refractivity contribution is 5.60. The van der Waals surface area contributed by atoms with Crippen LogP contribution in [0.2, 0.25) is 0 Å². The third-order valence-corrected chi connectivity index (χ3v) is 3.38. The lowest BCUT2D eigenvalue weighted by atomic mass is 9.96. The molecule has 0 amide bonds. The number of nitrogens with one attached hydrogen (secondary N) is 1. The summed E-state index contributed by atoms with van der Waals surface area (Å²) in [6.07, 6.45) is 0.890. The quantitative estimate of drug-likeness (QED) is 0.488. The number of hydrogen-bond acceptors (Lipinski definition) is 3. The van der Waals surface area contributed by atoms with Crippen molar-refractivity contribution >= 4 is 5.69 Å². The predicted molar refractivity (Wildman–Crippen MR) is 64.8 cm³/mol. The Kier molecular flexibility index (Phi) is 2.56. The number of phenolic OH excluding ortho intramolecular Hbond substituents is 2. The van der Waals surface area contributed by atoms with Crippen LogP contribution in [0, 0.1) is 0 Å².